The van der Waals surface area contributed by atoms with Gasteiger partial charge in [0, 0.05) is 39.3 Å². The van der Waals surface area contributed by atoms with Crippen LogP contribution in [0.2, 0.25) is 0 Å². The standard InChI is InChI=1S/C11H22N2O3/c1-9-6-13(4-5-16-3)8-10(11(14)15)7-12(9)2/h9-10H,4-8H2,1-3H3,(H,14,15). The molecule has 16 heavy (non-hydrogen) atoms. The maximum atomic E-state index is 11.1. The highest BCUT2D eigenvalue weighted by Crippen LogP contribution is 2.12. The van der Waals surface area contributed by atoms with E-state index in [0.717, 1.165) is 13.1 Å². The van der Waals surface area contributed by atoms with Gasteiger partial charge in [0.1, 0.15) is 0 Å². The molecule has 94 valence electrons. The predicted octanol–water partition coefficient (Wildman–Crippen LogP) is -0.0305. The van der Waals surface area contributed by atoms with Crippen molar-refractivity contribution in [3.63, 3.8) is 0 Å². The van der Waals surface area contributed by atoms with E-state index in [2.05, 4.69) is 16.7 Å². The summed E-state index contributed by atoms with van der Waals surface area (Å²) >= 11 is 0. The van der Waals surface area contributed by atoms with Crippen molar-refractivity contribution in [1.82, 2.24) is 9.80 Å². The molecule has 1 aliphatic rings. The zero-order chi connectivity index (χ0) is 12.1. The van der Waals surface area contributed by atoms with Crippen molar-refractivity contribution >= 4 is 5.97 Å². The lowest BCUT2D eigenvalue weighted by atomic mass is 10.1. The molecular formula is C11H22N2O3. The fourth-order valence-electron chi connectivity index (χ4n) is 2.04. The van der Waals surface area contributed by atoms with E-state index in [1.165, 1.54) is 0 Å². The number of hydrogen-bond acceptors (Lipinski definition) is 4. The smallest absolute Gasteiger partial charge is 0.309 e. The molecule has 0 amide bonds. The third kappa shape index (κ3) is 3.73. The van der Waals surface area contributed by atoms with Crippen LogP contribution in [0.15, 0.2) is 0 Å². The van der Waals surface area contributed by atoms with Gasteiger partial charge in [-0.2, -0.15) is 0 Å². The first-order valence-electron chi connectivity index (χ1n) is 5.69. The quantitative estimate of drug-likeness (QED) is 0.735. The van der Waals surface area contributed by atoms with Crippen LogP contribution in [0, 0.1) is 5.92 Å². The normalized spacial score (nSPS) is 28.9. The van der Waals surface area contributed by atoms with Gasteiger partial charge in [0.25, 0.3) is 0 Å². The summed E-state index contributed by atoms with van der Waals surface area (Å²) < 4.78 is 5.04. The van der Waals surface area contributed by atoms with Crippen LogP contribution < -0.4 is 0 Å². The maximum Gasteiger partial charge on any atom is 0.309 e. The van der Waals surface area contributed by atoms with Crippen LogP contribution in [-0.2, 0) is 9.53 Å². The molecule has 1 rings (SSSR count). The van der Waals surface area contributed by atoms with Crippen LogP contribution in [0.4, 0.5) is 0 Å². The first-order chi connectivity index (χ1) is 7.54. The van der Waals surface area contributed by atoms with Crippen LogP contribution in [0.1, 0.15) is 6.92 Å². The average Bonchev–Trinajstić information content (AvgIpc) is 2.36. The van der Waals surface area contributed by atoms with Crippen LogP contribution in [-0.4, -0.2) is 73.9 Å². The molecule has 0 aromatic carbocycles. The van der Waals surface area contributed by atoms with E-state index in [9.17, 15) is 4.79 Å². The Balaban J connectivity index is 2.60. The lowest BCUT2D eigenvalue weighted by Crippen LogP contribution is -2.37. The van der Waals surface area contributed by atoms with Crippen molar-refractivity contribution in [2.24, 2.45) is 5.92 Å². The minimum atomic E-state index is -0.705. The molecule has 0 radical (unpaired) electrons. The Hall–Kier alpha value is -0.650. The van der Waals surface area contributed by atoms with E-state index in [0.29, 0.717) is 25.7 Å². The lowest BCUT2D eigenvalue weighted by molar-refractivity contribution is -0.142. The Morgan fingerprint density at radius 2 is 2.12 bits per heavy atom. The van der Waals surface area contributed by atoms with Gasteiger partial charge in [-0.3, -0.25) is 9.69 Å². The third-order valence-electron chi connectivity index (χ3n) is 3.22. The van der Waals surface area contributed by atoms with Crippen molar-refractivity contribution in [3.8, 4) is 0 Å². The first kappa shape index (κ1) is 13.4. The minimum Gasteiger partial charge on any atom is -0.481 e. The molecule has 2 atom stereocenters. The second-order valence-electron chi connectivity index (χ2n) is 4.58. The molecule has 0 saturated carbocycles. The van der Waals surface area contributed by atoms with Crippen molar-refractivity contribution in [1.29, 1.82) is 0 Å². The molecule has 1 heterocycles. The van der Waals surface area contributed by atoms with Gasteiger partial charge in [0.05, 0.1) is 12.5 Å². The van der Waals surface area contributed by atoms with Gasteiger partial charge >= 0.3 is 5.97 Å². The molecule has 2 unspecified atom stereocenters. The molecule has 1 saturated heterocycles. The molecule has 0 aromatic heterocycles. The number of likely N-dealkylation sites (N-methyl/N-ethyl adjacent to an activating group) is 1. The number of ether oxygens (including phenoxy) is 1. The zero-order valence-electron chi connectivity index (χ0n) is 10.3. The van der Waals surface area contributed by atoms with Crippen LogP contribution in [0.25, 0.3) is 0 Å². The number of nitrogens with zero attached hydrogens (tertiary/aromatic N) is 2. The molecule has 0 aromatic rings. The van der Waals surface area contributed by atoms with E-state index in [1.54, 1.807) is 7.11 Å². The second-order valence-corrected chi connectivity index (χ2v) is 4.58. The Morgan fingerprint density at radius 1 is 1.44 bits per heavy atom. The molecule has 0 aliphatic carbocycles. The molecule has 0 spiro atoms. The largest absolute Gasteiger partial charge is 0.481 e. The highest BCUT2D eigenvalue weighted by atomic mass is 16.5. The summed E-state index contributed by atoms with van der Waals surface area (Å²) in [4.78, 5) is 15.4. The number of methoxy groups -OCH3 is 1. The topological polar surface area (TPSA) is 53.0 Å². The average molecular weight is 230 g/mol. The summed E-state index contributed by atoms with van der Waals surface area (Å²) in [5.74, 6) is -1.00. The second kappa shape index (κ2) is 6.18. The highest BCUT2D eigenvalue weighted by molar-refractivity contribution is 5.70. The van der Waals surface area contributed by atoms with E-state index in [-0.39, 0.29) is 5.92 Å². The Morgan fingerprint density at radius 3 is 2.69 bits per heavy atom. The number of carbonyl (C=O) groups is 1. The molecular weight excluding hydrogens is 208 g/mol. The number of carboxylic acid groups (broad SMARTS) is 1. The van der Waals surface area contributed by atoms with Gasteiger partial charge in [-0.05, 0) is 14.0 Å². The van der Waals surface area contributed by atoms with Crippen LogP contribution >= 0.6 is 0 Å². The molecule has 5 nitrogen and oxygen atoms in total. The summed E-state index contributed by atoms with van der Waals surface area (Å²) in [5, 5.41) is 9.13. The van der Waals surface area contributed by atoms with Crippen molar-refractivity contribution in [2.45, 2.75) is 13.0 Å². The van der Waals surface area contributed by atoms with E-state index < -0.39 is 5.97 Å². The summed E-state index contributed by atoms with van der Waals surface area (Å²) in [6.07, 6.45) is 0. The molecule has 1 N–H and O–H groups in total. The Kier molecular flexibility index (Phi) is 5.18. The number of rotatable bonds is 4. The first-order valence-corrected chi connectivity index (χ1v) is 5.69. The van der Waals surface area contributed by atoms with Crippen LogP contribution in [0.3, 0.4) is 0 Å². The van der Waals surface area contributed by atoms with Gasteiger partial charge in [0.15, 0.2) is 0 Å². The number of aliphatic carboxylic acids is 1. The SMILES string of the molecule is COCCN1CC(C(=O)O)CN(C)C(C)C1. The molecule has 1 fully saturated rings. The van der Waals surface area contributed by atoms with Gasteiger partial charge < -0.3 is 14.7 Å². The third-order valence-corrected chi connectivity index (χ3v) is 3.22. The summed E-state index contributed by atoms with van der Waals surface area (Å²) in [6, 6.07) is 0.390. The summed E-state index contributed by atoms with van der Waals surface area (Å²) in [5.41, 5.74) is 0. The molecule has 0 bridgehead atoms. The maximum absolute atomic E-state index is 11.1. The summed E-state index contributed by atoms with van der Waals surface area (Å²) in [7, 11) is 3.66. The number of hydrogen-bond donors (Lipinski definition) is 1. The monoisotopic (exact) mass is 230 g/mol. The minimum absolute atomic E-state index is 0.299. The zero-order valence-corrected chi connectivity index (χ0v) is 10.3. The van der Waals surface area contributed by atoms with E-state index in [4.69, 9.17) is 9.84 Å². The fourth-order valence-corrected chi connectivity index (χ4v) is 2.04. The van der Waals surface area contributed by atoms with Gasteiger partial charge in [-0.15, -0.1) is 0 Å². The number of carboxylic acids is 1. The molecule has 5 heteroatoms. The highest BCUT2D eigenvalue weighted by Gasteiger charge is 2.29. The van der Waals surface area contributed by atoms with Crippen LogP contribution in [0.5, 0.6) is 0 Å². The predicted molar refractivity (Wildman–Crippen MR) is 61.5 cm³/mol. The lowest BCUT2D eigenvalue weighted by Gasteiger charge is -2.25. The van der Waals surface area contributed by atoms with Gasteiger partial charge in [-0.25, -0.2) is 0 Å². The summed E-state index contributed by atoms with van der Waals surface area (Å²) in [6.45, 7) is 5.74. The molecule has 1 aliphatic heterocycles. The van der Waals surface area contributed by atoms with Gasteiger partial charge in [0.2, 0.25) is 0 Å². The van der Waals surface area contributed by atoms with Gasteiger partial charge in [-0.1, -0.05) is 0 Å². The van der Waals surface area contributed by atoms with Crippen molar-refractivity contribution < 1.29 is 14.6 Å². The Bertz CT molecular complexity index is 235. The van der Waals surface area contributed by atoms with E-state index >= 15 is 0 Å². The Labute approximate surface area is 97.0 Å². The van der Waals surface area contributed by atoms with E-state index in [1.807, 2.05) is 7.05 Å². The van der Waals surface area contributed by atoms with Crippen molar-refractivity contribution in [3.05, 3.63) is 0 Å². The van der Waals surface area contributed by atoms with Crippen molar-refractivity contribution in [2.75, 3.05) is 46.9 Å². The fraction of sp³-hybridized carbons (Fsp3) is 0.909.